The van der Waals surface area contributed by atoms with Crippen molar-refractivity contribution in [2.24, 2.45) is 0 Å². The maximum atomic E-state index is 12.6. The second-order valence-corrected chi connectivity index (χ2v) is 6.19. The third kappa shape index (κ3) is 5.61. The van der Waals surface area contributed by atoms with E-state index in [2.05, 4.69) is 26.4 Å². The van der Waals surface area contributed by atoms with Gasteiger partial charge in [-0.05, 0) is 29.8 Å². The number of benzene rings is 2. The fraction of sp³-hybridized carbons (Fsp3) is 0.238. The molecule has 0 N–H and O–H groups in total. The first-order chi connectivity index (χ1) is 14.1. The third-order valence-electron chi connectivity index (χ3n) is 4.12. The summed E-state index contributed by atoms with van der Waals surface area (Å²) in [7, 11) is 1.62. The smallest absolute Gasteiger partial charge is 0.387 e. The van der Waals surface area contributed by atoms with Gasteiger partial charge in [-0.15, -0.1) is 6.58 Å². The van der Waals surface area contributed by atoms with Crippen LogP contribution in [0.15, 0.2) is 65.7 Å². The maximum Gasteiger partial charge on any atom is 0.387 e. The van der Waals surface area contributed by atoms with Gasteiger partial charge >= 0.3 is 6.61 Å². The molecular weight excluding hydrogens is 380 g/mol. The zero-order chi connectivity index (χ0) is 20.6. The van der Waals surface area contributed by atoms with E-state index in [4.69, 9.17) is 9.26 Å². The first-order valence-electron chi connectivity index (χ1n) is 8.92. The summed E-state index contributed by atoms with van der Waals surface area (Å²) in [5.74, 6) is 1.34. The summed E-state index contributed by atoms with van der Waals surface area (Å²) < 4.78 is 40.3. The molecule has 1 aromatic heterocycles. The number of ether oxygens (including phenoxy) is 2. The molecule has 0 amide bonds. The number of rotatable bonds is 10. The van der Waals surface area contributed by atoms with Gasteiger partial charge in [0.05, 0.1) is 19.2 Å². The van der Waals surface area contributed by atoms with Crippen LogP contribution in [0.1, 0.15) is 11.5 Å². The van der Waals surface area contributed by atoms with Crippen LogP contribution in [0.25, 0.3) is 11.4 Å². The molecule has 0 saturated heterocycles. The van der Waals surface area contributed by atoms with Crippen molar-refractivity contribution in [1.29, 1.82) is 0 Å². The lowest BCUT2D eigenvalue weighted by molar-refractivity contribution is -0.0494. The van der Waals surface area contributed by atoms with Crippen molar-refractivity contribution in [2.45, 2.75) is 19.7 Å². The lowest BCUT2D eigenvalue weighted by Gasteiger charge is -2.18. The van der Waals surface area contributed by atoms with Crippen molar-refractivity contribution in [3.63, 3.8) is 0 Å². The lowest BCUT2D eigenvalue weighted by Crippen LogP contribution is -2.23. The molecule has 3 aromatic rings. The number of hydrogen-bond donors (Lipinski definition) is 0. The van der Waals surface area contributed by atoms with Crippen LogP contribution >= 0.6 is 0 Å². The topological polar surface area (TPSA) is 60.6 Å². The van der Waals surface area contributed by atoms with Gasteiger partial charge < -0.3 is 14.0 Å². The fourth-order valence-corrected chi connectivity index (χ4v) is 2.83. The quantitative estimate of drug-likeness (QED) is 0.465. The number of nitrogens with zero attached hydrogens (tertiary/aromatic N) is 3. The maximum absolute atomic E-state index is 12.6. The Morgan fingerprint density at radius 2 is 1.90 bits per heavy atom. The Kier molecular flexibility index (Phi) is 6.91. The number of halogens is 2. The molecule has 0 bridgehead atoms. The average Bonchev–Trinajstić information content (AvgIpc) is 3.17. The van der Waals surface area contributed by atoms with E-state index in [0.717, 1.165) is 11.3 Å². The van der Waals surface area contributed by atoms with E-state index in [9.17, 15) is 8.78 Å². The number of hydrogen-bond acceptors (Lipinski definition) is 6. The van der Waals surface area contributed by atoms with Gasteiger partial charge in [0.25, 0.3) is 0 Å². The minimum atomic E-state index is -2.94. The molecule has 2 aromatic carbocycles. The molecule has 0 aliphatic heterocycles. The van der Waals surface area contributed by atoms with Crippen LogP contribution in [-0.4, -0.2) is 35.3 Å². The highest BCUT2D eigenvalue weighted by molar-refractivity contribution is 5.63. The average molecular weight is 401 g/mol. The molecule has 0 aliphatic carbocycles. The van der Waals surface area contributed by atoms with Gasteiger partial charge in [-0.2, -0.15) is 13.8 Å². The second-order valence-electron chi connectivity index (χ2n) is 6.19. The van der Waals surface area contributed by atoms with E-state index in [1.165, 1.54) is 6.07 Å². The summed E-state index contributed by atoms with van der Waals surface area (Å²) in [5.41, 5.74) is 1.43. The first-order valence-corrected chi connectivity index (χ1v) is 8.92. The Bertz CT molecular complexity index is 929. The van der Waals surface area contributed by atoms with Gasteiger partial charge in [-0.25, -0.2) is 0 Å². The molecular formula is C21H21F2N3O3. The van der Waals surface area contributed by atoms with E-state index >= 15 is 0 Å². The van der Waals surface area contributed by atoms with Crippen LogP contribution < -0.4 is 9.47 Å². The highest BCUT2D eigenvalue weighted by Gasteiger charge is 2.17. The van der Waals surface area contributed by atoms with Crippen molar-refractivity contribution in [3.8, 4) is 22.9 Å². The van der Waals surface area contributed by atoms with Crippen LogP contribution in [-0.2, 0) is 13.1 Å². The van der Waals surface area contributed by atoms with Gasteiger partial charge in [0, 0.05) is 13.1 Å². The van der Waals surface area contributed by atoms with Crippen LogP contribution in [0.4, 0.5) is 8.78 Å². The molecule has 0 saturated carbocycles. The molecule has 0 atom stereocenters. The van der Waals surface area contributed by atoms with E-state index in [0.29, 0.717) is 31.1 Å². The van der Waals surface area contributed by atoms with Crippen molar-refractivity contribution in [2.75, 3.05) is 13.7 Å². The summed E-state index contributed by atoms with van der Waals surface area (Å²) in [6.07, 6.45) is 1.78. The molecule has 29 heavy (non-hydrogen) atoms. The standard InChI is InChI=1S/C21H21F2N3O3/c1-3-12-26(13-15-8-10-16(27-2)11-9-15)14-19-24-20(25-29-19)17-6-4-5-7-18(17)28-21(22)23/h3-11,21H,1,12-14H2,2H3. The van der Waals surface area contributed by atoms with Crippen LogP contribution in [0.5, 0.6) is 11.5 Å². The van der Waals surface area contributed by atoms with Gasteiger partial charge in [-0.3, -0.25) is 4.90 Å². The van der Waals surface area contributed by atoms with Crippen LogP contribution in [0.2, 0.25) is 0 Å². The second kappa shape index (κ2) is 9.79. The number of para-hydroxylation sites is 1. The molecule has 3 rings (SSSR count). The summed E-state index contributed by atoms with van der Waals surface area (Å²) in [6.45, 7) is 2.47. The van der Waals surface area contributed by atoms with Gasteiger partial charge in [0.2, 0.25) is 11.7 Å². The molecule has 0 unspecified atom stereocenters. The molecule has 8 heteroatoms. The minimum Gasteiger partial charge on any atom is -0.497 e. The zero-order valence-electron chi connectivity index (χ0n) is 15.9. The van der Waals surface area contributed by atoms with Crippen LogP contribution in [0, 0.1) is 0 Å². The summed E-state index contributed by atoms with van der Waals surface area (Å²) in [6, 6.07) is 14.1. The Morgan fingerprint density at radius 3 is 2.59 bits per heavy atom. The van der Waals surface area contributed by atoms with Crippen molar-refractivity contribution in [1.82, 2.24) is 15.0 Å². The Hall–Kier alpha value is -3.26. The van der Waals surface area contributed by atoms with E-state index in [-0.39, 0.29) is 11.6 Å². The Morgan fingerprint density at radius 1 is 1.14 bits per heavy atom. The van der Waals surface area contributed by atoms with E-state index in [1.54, 1.807) is 31.4 Å². The normalized spacial score (nSPS) is 11.1. The molecule has 0 fully saturated rings. The number of alkyl halides is 2. The zero-order valence-corrected chi connectivity index (χ0v) is 15.9. The highest BCUT2D eigenvalue weighted by atomic mass is 19.3. The molecule has 0 aliphatic rings. The summed E-state index contributed by atoms with van der Waals surface area (Å²) in [5, 5.41) is 3.92. The third-order valence-corrected chi connectivity index (χ3v) is 4.12. The van der Waals surface area contributed by atoms with Gasteiger partial charge in [0.1, 0.15) is 11.5 Å². The van der Waals surface area contributed by atoms with Crippen molar-refractivity contribution < 1.29 is 22.8 Å². The number of aromatic nitrogens is 2. The van der Waals surface area contributed by atoms with Gasteiger partial charge in [-0.1, -0.05) is 35.5 Å². The largest absolute Gasteiger partial charge is 0.497 e. The summed E-state index contributed by atoms with van der Waals surface area (Å²) in [4.78, 5) is 6.40. The molecule has 1 heterocycles. The van der Waals surface area contributed by atoms with Crippen molar-refractivity contribution >= 4 is 0 Å². The predicted octanol–water partition coefficient (Wildman–Crippen LogP) is 4.53. The monoisotopic (exact) mass is 401 g/mol. The fourth-order valence-electron chi connectivity index (χ4n) is 2.83. The summed E-state index contributed by atoms with van der Waals surface area (Å²) >= 11 is 0. The lowest BCUT2D eigenvalue weighted by atomic mass is 10.2. The van der Waals surface area contributed by atoms with Gasteiger partial charge in [0.15, 0.2) is 0 Å². The number of methoxy groups -OCH3 is 1. The molecule has 0 spiro atoms. The van der Waals surface area contributed by atoms with Crippen molar-refractivity contribution in [3.05, 3.63) is 72.6 Å². The van der Waals surface area contributed by atoms with Crippen LogP contribution in [0.3, 0.4) is 0 Å². The van der Waals surface area contributed by atoms with E-state index in [1.807, 2.05) is 24.3 Å². The molecule has 6 nitrogen and oxygen atoms in total. The highest BCUT2D eigenvalue weighted by Crippen LogP contribution is 2.29. The minimum absolute atomic E-state index is 0.00368. The Balaban J connectivity index is 1.73. The molecule has 0 radical (unpaired) electrons. The SMILES string of the molecule is C=CCN(Cc1ccc(OC)cc1)Cc1nc(-c2ccccc2OC(F)F)no1. The predicted molar refractivity (Wildman–Crippen MR) is 104 cm³/mol. The van der Waals surface area contributed by atoms with E-state index < -0.39 is 6.61 Å². The molecule has 152 valence electrons. The first kappa shape index (κ1) is 20.5. The Labute approximate surface area is 167 Å².